The predicted molar refractivity (Wildman–Crippen MR) is 82.3 cm³/mol. The Morgan fingerprint density at radius 3 is 2.62 bits per heavy atom. The van der Waals surface area contributed by atoms with Gasteiger partial charge in [-0.15, -0.1) is 0 Å². The fourth-order valence-electron chi connectivity index (χ4n) is 2.01. The normalized spacial score (nSPS) is 10.4. The molecule has 0 unspecified atom stereocenters. The van der Waals surface area contributed by atoms with Crippen molar-refractivity contribution in [3.63, 3.8) is 0 Å². The topological polar surface area (TPSA) is 51.5 Å². The Bertz CT molecular complexity index is 572. The van der Waals surface area contributed by atoms with E-state index in [4.69, 9.17) is 9.15 Å². The first-order valence-corrected chi connectivity index (χ1v) is 7.22. The molecule has 112 valence electrons. The Balaban J connectivity index is 1.92. The summed E-state index contributed by atoms with van der Waals surface area (Å²) in [5.41, 5.74) is 0.998. The minimum Gasteiger partial charge on any atom is -0.497 e. The highest BCUT2D eigenvalue weighted by molar-refractivity contribution is 5.76. The molecule has 1 N–H and O–H groups in total. The third kappa shape index (κ3) is 4.38. The molecule has 21 heavy (non-hydrogen) atoms. The molecule has 0 bridgehead atoms. The molecule has 0 aliphatic carbocycles. The molecule has 2 rings (SSSR count). The number of amides is 1. The molecule has 4 heteroatoms. The summed E-state index contributed by atoms with van der Waals surface area (Å²) < 4.78 is 10.9. The molecule has 1 aromatic heterocycles. The fourth-order valence-corrected chi connectivity index (χ4v) is 2.01. The van der Waals surface area contributed by atoms with E-state index in [0.29, 0.717) is 12.8 Å². The van der Waals surface area contributed by atoms with Crippen LogP contribution in [0.1, 0.15) is 25.5 Å². The number of hydrogen-bond donors (Lipinski definition) is 1. The van der Waals surface area contributed by atoms with Gasteiger partial charge in [-0.3, -0.25) is 4.79 Å². The number of carbonyl (C=O) groups is 1. The summed E-state index contributed by atoms with van der Waals surface area (Å²) in [6.45, 7) is 2.77. The first kappa shape index (κ1) is 15.2. The van der Waals surface area contributed by atoms with Crippen molar-refractivity contribution in [3.8, 4) is 17.1 Å². The number of rotatable bonds is 7. The van der Waals surface area contributed by atoms with E-state index in [-0.39, 0.29) is 5.91 Å². The largest absolute Gasteiger partial charge is 0.497 e. The zero-order chi connectivity index (χ0) is 15.1. The molecule has 0 fully saturated rings. The lowest BCUT2D eigenvalue weighted by atomic mass is 10.2. The lowest BCUT2D eigenvalue weighted by Gasteiger charge is -2.02. The van der Waals surface area contributed by atoms with E-state index in [1.54, 1.807) is 7.11 Å². The minimum atomic E-state index is 0.0687. The number of aryl methyl sites for hydroxylation is 1. The molecule has 1 amide bonds. The molecule has 0 aliphatic heterocycles. The van der Waals surface area contributed by atoms with E-state index in [9.17, 15) is 4.79 Å². The van der Waals surface area contributed by atoms with Gasteiger partial charge in [0.1, 0.15) is 17.3 Å². The van der Waals surface area contributed by atoms with Crippen molar-refractivity contribution in [2.45, 2.75) is 26.2 Å². The van der Waals surface area contributed by atoms with Crippen LogP contribution in [0.5, 0.6) is 5.75 Å². The summed E-state index contributed by atoms with van der Waals surface area (Å²) in [5.74, 6) is 2.52. The number of furan rings is 1. The van der Waals surface area contributed by atoms with Gasteiger partial charge >= 0.3 is 0 Å². The van der Waals surface area contributed by atoms with Crippen LogP contribution in [0.4, 0.5) is 0 Å². The van der Waals surface area contributed by atoms with Gasteiger partial charge in [-0.25, -0.2) is 0 Å². The summed E-state index contributed by atoms with van der Waals surface area (Å²) in [5, 5.41) is 2.86. The van der Waals surface area contributed by atoms with Crippen molar-refractivity contribution < 1.29 is 13.9 Å². The van der Waals surface area contributed by atoms with Crippen LogP contribution >= 0.6 is 0 Å². The molecule has 0 aliphatic rings. The average molecular weight is 287 g/mol. The summed E-state index contributed by atoms with van der Waals surface area (Å²) in [6.07, 6.45) is 2.02. The highest BCUT2D eigenvalue weighted by Crippen LogP contribution is 2.24. The molecule has 1 aromatic carbocycles. The Morgan fingerprint density at radius 1 is 1.19 bits per heavy atom. The molecule has 2 aromatic rings. The molecule has 0 radical (unpaired) electrons. The van der Waals surface area contributed by atoms with E-state index in [0.717, 1.165) is 35.8 Å². The monoisotopic (exact) mass is 287 g/mol. The van der Waals surface area contributed by atoms with Crippen molar-refractivity contribution in [2.75, 3.05) is 13.7 Å². The summed E-state index contributed by atoms with van der Waals surface area (Å²) in [4.78, 5) is 11.6. The van der Waals surface area contributed by atoms with E-state index in [2.05, 4.69) is 5.32 Å². The number of nitrogens with one attached hydrogen (secondary N) is 1. The summed E-state index contributed by atoms with van der Waals surface area (Å²) >= 11 is 0. The third-order valence-corrected chi connectivity index (χ3v) is 3.21. The van der Waals surface area contributed by atoms with E-state index in [1.807, 2.05) is 43.3 Å². The van der Waals surface area contributed by atoms with E-state index >= 15 is 0 Å². The van der Waals surface area contributed by atoms with Crippen molar-refractivity contribution in [3.05, 3.63) is 42.2 Å². The van der Waals surface area contributed by atoms with Gasteiger partial charge in [-0.2, -0.15) is 0 Å². The number of hydrogen-bond acceptors (Lipinski definition) is 3. The van der Waals surface area contributed by atoms with Crippen molar-refractivity contribution in [1.82, 2.24) is 5.32 Å². The second-order valence-corrected chi connectivity index (χ2v) is 4.84. The number of ether oxygens (including phenoxy) is 1. The highest BCUT2D eigenvalue weighted by Gasteiger charge is 2.07. The smallest absolute Gasteiger partial charge is 0.220 e. The lowest BCUT2D eigenvalue weighted by molar-refractivity contribution is -0.121. The van der Waals surface area contributed by atoms with Crippen LogP contribution in [0.2, 0.25) is 0 Å². The zero-order valence-corrected chi connectivity index (χ0v) is 12.5. The Morgan fingerprint density at radius 2 is 1.95 bits per heavy atom. The quantitative estimate of drug-likeness (QED) is 0.849. The Labute approximate surface area is 125 Å². The van der Waals surface area contributed by atoms with Crippen LogP contribution in [0.3, 0.4) is 0 Å². The van der Waals surface area contributed by atoms with Gasteiger partial charge in [0.15, 0.2) is 0 Å². The van der Waals surface area contributed by atoms with Crippen molar-refractivity contribution >= 4 is 5.91 Å². The van der Waals surface area contributed by atoms with Gasteiger partial charge in [-0.05, 0) is 42.8 Å². The maximum absolute atomic E-state index is 11.6. The van der Waals surface area contributed by atoms with Gasteiger partial charge in [-0.1, -0.05) is 6.92 Å². The number of benzene rings is 1. The fraction of sp³-hybridized carbons (Fsp3) is 0.353. The average Bonchev–Trinajstić information content (AvgIpc) is 3.00. The summed E-state index contributed by atoms with van der Waals surface area (Å²) in [7, 11) is 1.64. The molecule has 0 atom stereocenters. The number of methoxy groups -OCH3 is 1. The zero-order valence-electron chi connectivity index (χ0n) is 12.5. The predicted octanol–water partition coefficient (Wildman–Crippen LogP) is 3.41. The molecular weight excluding hydrogens is 266 g/mol. The van der Waals surface area contributed by atoms with Crippen LogP contribution in [-0.2, 0) is 11.2 Å². The van der Waals surface area contributed by atoms with Gasteiger partial charge in [0.25, 0.3) is 0 Å². The minimum absolute atomic E-state index is 0.0687. The van der Waals surface area contributed by atoms with Crippen LogP contribution in [0.15, 0.2) is 40.8 Å². The van der Waals surface area contributed by atoms with Gasteiger partial charge in [0.2, 0.25) is 5.91 Å². The maximum Gasteiger partial charge on any atom is 0.220 e. The van der Waals surface area contributed by atoms with E-state index in [1.165, 1.54) is 0 Å². The van der Waals surface area contributed by atoms with Gasteiger partial charge in [0.05, 0.1) is 7.11 Å². The molecule has 0 saturated carbocycles. The third-order valence-electron chi connectivity index (χ3n) is 3.21. The lowest BCUT2D eigenvalue weighted by Crippen LogP contribution is -2.24. The second kappa shape index (κ2) is 7.53. The number of carbonyl (C=O) groups excluding carboxylic acids is 1. The van der Waals surface area contributed by atoms with Gasteiger partial charge in [0, 0.05) is 24.9 Å². The molecule has 4 nitrogen and oxygen atoms in total. The molecule has 0 spiro atoms. The van der Waals surface area contributed by atoms with Crippen LogP contribution in [0, 0.1) is 0 Å². The van der Waals surface area contributed by atoms with Crippen molar-refractivity contribution in [2.24, 2.45) is 0 Å². The second-order valence-electron chi connectivity index (χ2n) is 4.84. The standard InChI is InChI=1S/C17H21NO3/c1-3-12-18-17(19)11-9-15-8-10-16(21-15)13-4-6-14(20-2)7-5-13/h4-8,10H,3,9,11-12H2,1-2H3,(H,18,19). The highest BCUT2D eigenvalue weighted by atomic mass is 16.5. The van der Waals surface area contributed by atoms with E-state index < -0.39 is 0 Å². The molecular formula is C17H21NO3. The van der Waals surface area contributed by atoms with Crippen LogP contribution in [0.25, 0.3) is 11.3 Å². The first-order chi connectivity index (χ1) is 10.2. The first-order valence-electron chi connectivity index (χ1n) is 7.22. The Hall–Kier alpha value is -2.23. The Kier molecular flexibility index (Phi) is 5.43. The van der Waals surface area contributed by atoms with Gasteiger partial charge < -0.3 is 14.5 Å². The van der Waals surface area contributed by atoms with Crippen LogP contribution in [-0.4, -0.2) is 19.6 Å². The van der Waals surface area contributed by atoms with Crippen molar-refractivity contribution in [1.29, 1.82) is 0 Å². The molecule has 0 saturated heterocycles. The SMILES string of the molecule is CCCNC(=O)CCc1ccc(-c2ccc(OC)cc2)o1. The summed E-state index contributed by atoms with van der Waals surface area (Å²) in [6, 6.07) is 11.6. The molecule has 1 heterocycles. The van der Waals surface area contributed by atoms with Crippen LogP contribution < -0.4 is 10.1 Å². The maximum atomic E-state index is 11.6.